The molecule has 0 saturated carbocycles. The Bertz CT molecular complexity index is 1510. The molecule has 0 amide bonds. The molecule has 0 spiro atoms. The van der Waals surface area contributed by atoms with Crippen LogP contribution in [0.2, 0.25) is 0 Å². The topological polar surface area (TPSA) is 128 Å². The zero-order valence-electron chi connectivity index (χ0n) is 18.3. The molecular formula is C24H20N6O4. The molecule has 0 aliphatic rings. The molecule has 34 heavy (non-hydrogen) atoms. The summed E-state index contributed by atoms with van der Waals surface area (Å²) in [7, 11) is 1.65. The highest BCUT2D eigenvalue weighted by molar-refractivity contribution is 5.87. The van der Waals surface area contributed by atoms with Crippen molar-refractivity contribution in [2.75, 3.05) is 7.11 Å². The van der Waals surface area contributed by atoms with Crippen LogP contribution in [0.15, 0.2) is 67.1 Å². The predicted octanol–water partition coefficient (Wildman–Crippen LogP) is 3.70. The van der Waals surface area contributed by atoms with E-state index in [1.807, 2.05) is 55.5 Å². The molecule has 1 atom stereocenters. The van der Waals surface area contributed by atoms with Crippen molar-refractivity contribution < 1.29 is 19.7 Å². The summed E-state index contributed by atoms with van der Waals surface area (Å²) in [5.74, 6) is -0.546. The van der Waals surface area contributed by atoms with Crippen molar-refractivity contribution in [2.24, 2.45) is 0 Å². The highest BCUT2D eigenvalue weighted by Gasteiger charge is 2.19. The Hall–Kier alpha value is -4.73. The summed E-state index contributed by atoms with van der Waals surface area (Å²) in [6.07, 6.45) is 3.99. The first-order chi connectivity index (χ1) is 16.5. The number of rotatable bonds is 6. The van der Waals surface area contributed by atoms with E-state index in [-0.39, 0.29) is 23.4 Å². The van der Waals surface area contributed by atoms with E-state index in [0.29, 0.717) is 11.0 Å². The summed E-state index contributed by atoms with van der Waals surface area (Å²) >= 11 is 0. The van der Waals surface area contributed by atoms with Crippen LogP contribution >= 0.6 is 0 Å². The van der Waals surface area contributed by atoms with E-state index >= 15 is 0 Å². The average molecular weight is 456 g/mol. The SMILES string of the molecule is COc1ccccc1-c1ccc([C@H](C)n2ncc3nc(-n4cc(C(=O)O)cn4)nc(O)c32)cc1. The molecule has 3 aromatic heterocycles. The molecule has 0 aliphatic heterocycles. The summed E-state index contributed by atoms with van der Waals surface area (Å²) in [4.78, 5) is 19.6. The lowest BCUT2D eigenvalue weighted by Crippen LogP contribution is -2.09. The minimum absolute atomic E-state index is 0.0101. The lowest BCUT2D eigenvalue weighted by Gasteiger charge is -2.15. The van der Waals surface area contributed by atoms with Gasteiger partial charge in [0.2, 0.25) is 5.88 Å². The van der Waals surface area contributed by atoms with Gasteiger partial charge in [-0.25, -0.2) is 14.5 Å². The summed E-state index contributed by atoms with van der Waals surface area (Å²) in [5, 5.41) is 28.1. The lowest BCUT2D eigenvalue weighted by molar-refractivity contribution is 0.0697. The summed E-state index contributed by atoms with van der Waals surface area (Å²) in [5.41, 5.74) is 3.77. The number of carboxylic acids is 1. The Balaban J connectivity index is 1.47. The van der Waals surface area contributed by atoms with E-state index in [9.17, 15) is 9.90 Å². The van der Waals surface area contributed by atoms with Gasteiger partial charge in [0.15, 0.2) is 0 Å². The molecule has 0 radical (unpaired) electrons. The van der Waals surface area contributed by atoms with Crippen LogP contribution in [0.1, 0.15) is 28.9 Å². The summed E-state index contributed by atoms with van der Waals surface area (Å²) in [6.45, 7) is 1.96. The van der Waals surface area contributed by atoms with Crippen molar-refractivity contribution in [1.82, 2.24) is 29.5 Å². The number of carbonyl (C=O) groups is 1. The second-order valence-corrected chi connectivity index (χ2v) is 7.65. The first kappa shape index (κ1) is 21.1. The number of nitrogens with zero attached hydrogens (tertiary/aromatic N) is 6. The van der Waals surface area contributed by atoms with Gasteiger partial charge < -0.3 is 14.9 Å². The van der Waals surface area contributed by atoms with Gasteiger partial charge in [0.05, 0.1) is 31.1 Å². The van der Waals surface area contributed by atoms with Gasteiger partial charge in [-0.1, -0.05) is 42.5 Å². The van der Waals surface area contributed by atoms with Crippen LogP contribution in [-0.2, 0) is 0 Å². The van der Waals surface area contributed by atoms with Crippen LogP contribution in [0.4, 0.5) is 0 Å². The highest BCUT2D eigenvalue weighted by atomic mass is 16.5. The van der Waals surface area contributed by atoms with Gasteiger partial charge in [0.1, 0.15) is 16.8 Å². The molecule has 3 heterocycles. The van der Waals surface area contributed by atoms with E-state index in [0.717, 1.165) is 22.4 Å². The van der Waals surface area contributed by atoms with E-state index in [1.54, 1.807) is 11.8 Å². The number of aromatic carboxylic acids is 1. The minimum atomic E-state index is -1.12. The number of ether oxygens (including phenoxy) is 1. The van der Waals surface area contributed by atoms with Crippen molar-refractivity contribution >= 4 is 17.0 Å². The Morgan fingerprint density at radius 1 is 1.03 bits per heavy atom. The third kappa shape index (κ3) is 3.60. The molecule has 2 aromatic carbocycles. The van der Waals surface area contributed by atoms with Crippen LogP contribution in [0.5, 0.6) is 11.6 Å². The predicted molar refractivity (Wildman–Crippen MR) is 123 cm³/mol. The number of aromatic hydroxyl groups is 1. The normalized spacial score (nSPS) is 12.1. The Morgan fingerprint density at radius 2 is 1.79 bits per heavy atom. The molecule has 5 aromatic rings. The quantitative estimate of drug-likeness (QED) is 0.396. The van der Waals surface area contributed by atoms with Crippen LogP contribution in [0, 0.1) is 0 Å². The van der Waals surface area contributed by atoms with Gasteiger partial charge in [-0.05, 0) is 24.1 Å². The number of carboxylic acid groups (broad SMARTS) is 1. The maximum Gasteiger partial charge on any atom is 0.338 e. The zero-order chi connectivity index (χ0) is 23.8. The van der Waals surface area contributed by atoms with Crippen molar-refractivity contribution in [3.63, 3.8) is 0 Å². The van der Waals surface area contributed by atoms with Crippen molar-refractivity contribution in [3.05, 3.63) is 78.2 Å². The fourth-order valence-corrected chi connectivity index (χ4v) is 3.84. The first-order valence-corrected chi connectivity index (χ1v) is 10.4. The number of aromatic nitrogens is 6. The van der Waals surface area contributed by atoms with Crippen molar-refractivity contribution in [1.29, 1.82) is 0 Å². The van der Waals surface area contributed by atoms with Gasteiger partial charge in [0, 0.05) is 11.8 Å². The molecule has 0 bridgehead atoms. The van der Waals surface area contributed by atoms with Gasteiger partial charge in [-0.15, -0.1) is 0 Å². The fourth-order valence-electron chi connectivity index (χ4n) is 3.84. The number of fused-ring (bicyclic) bond motifs is 1. The van der Waals surface area contributed by atoms with Crippen molar-refractivity contribution in [2.45, 2.75) is 13.0 Å². The minimum Gasteiger partial charge on any atom is -0.496 e. The second kappa shape index (κ2) is 8.32. The van der Waals surface area contributed by atoms with Crippen LogP contribution < -0.4 is 4.74 Å². The number of methoxy groups -OCH3 is 1. The Labute approximate surface area is 193 Å². The third-order valence-electron chi connectivity index (χ3n) is 5.63. The standard InChI is InChI=1S/C24H20N6O4/c1-14(15-7-9-16(10-8-15)18-5-3-4-6-20(18)34-2)30-21-19(12-26-30)27-24(28-22(21)31)29-13-17(11-25-29)23(32)33/h3-14H,1-2H3,(H,32,33)(H,27,28,31)/t14-/m0/s1. The second-order valence-electron chi connectivity index (χ2n) is 7.65. The maximum absolute atomic E-state index is 11.1. The molecule has 10 nitrogen and oxygen atoms in total. The van der Waals surface area contributed by atoms with E-state index in [2.05, 4.69) is 20.2 Å². The lowest BCUT2D eigenvalue weighted by atomic mass is 10.0. The first-order valence-electron chi connectivity index (χ1n) is 10.4. The maximum atomic E-state index is 11.1. The number of hydrogen-bond acceptors (Lipinski definition) is 7. The van der Waals surface area contributed by atoms with E-state index in [4.69, 9.17) is 9.84 Å². The van der Waals surface area contributed by atoms with Gasteiger partial charge in [-0.3, -0.25) is 4.68 Å². The number of hydrogen-bond donors (Lipinski definition) is 2. The molecule has 5 rings (SSSR count). The smallest absolute Gasteiger partial charge is 0.338 e. The van der Waals surface area contributed by atoms with Gasteiger partial charge in [-0.2, -0.15) is 15.2 Å². The molecule has 0 fully saturated rings. The molecule has 0 aliphatic carbocycles. The van der Waals surface area contributed by atoms with E-state index < -0.39 is 5.97 Å². The monoisotopic (exact) mass is 456 g/mol. The zero-order valence-corrected chi connectivity index (χ0v) is 18.3. The number of benzene rings is 2. The van der Waals surface area contributed by atoms with Crippen LogP contribution in [-0.4, -0.2) is 52.8 Å². The Kier molecular flexibility index (Phi) is 5.17. The van der Waals surface area contributed by atoms with Gasteiger partial charge >= 0.3 is 5.97 Å². The molecular weight excluding hydrogens is 436 g/mol. The molecule has 170 valence electrons. The largest absolute Gasteiger partial charge is 0.496 e. The van der Waals surface area contributed by atoms with Crippen molar-refractivity contribution in [3.8, 4) is 28.7 Å². The third-order valence-corrected chi connectivity index (χ3v) is 5.63. The van der Waals surface area contributed by atoms with Crippen LogP contribution in [0.25, 0.3) is 28.1 Å². The summed E-state index contributed by atoms with van der Waals surface area (Å²) < 4.78 is 8.31. The molecule has 0 saturated heterocycles. The fraction of sp³-hybridized carbons (Fsp3) is 0.125. The van der Waals surface area contributed by atoms with E-state index in [1.165, 1.54) is 23.3 Å². The summed E-state index contributed by atoms with van der Waals surface area (Å²) in [6, 6.07) is 15.6. The molecule has 10 heteroatoms. The molecule has 0 unspecified atom stereocenters. The number of para-hydroxylation sites is 1. The highest BCUT2D eigenvalue weighted by Crippen LogP contribution is 2.32. The average Bonchev–Trinajstić information content (AvgIpc) is 3.52. The van der Waals surface area contributed by atoms with Gasteiger partial charge in [0.25, 0.3) is 5.95 Å². The van der Waals surface area contributed by atoms with Crippen LogP contribution in [0.3, 0.4) is 0 Å². The molecule has 2 N–H and O–H groups in total. The Morgan fingerprint density at radius 3 is 2.50 bits per heavy atom.